The molecule has 0 radical (unpaired) electrons. The van der Waals surface area contributed by atoms with Gasteiger partial charge >= 0.3 is 0 Å². The Balaban J connectivity index is 4.05. The van der Waals surface area contributed by atoms with E-state index in [1.807, 2.05) is 27.2 Å². The van der Waals surface area contributed by atoms with Crippen LogP contribution in [0.1, 0.15) is 303 Å². The van der Waals surface area contributed by atoms with Crippen LogP contribution in [0.25, 0.3) is 0 Å². The van der Waals surface area contributed by atoms with E-state index in [4.69, 9.17) is 9.05 Å². The van der Waals surface area contributed by atoms with Gasteiger partial charge in [0.1, 0.15) is 13.2 Å². The summed E-state index contributed by atoms with van der Waals surface area (Å²) in [5.74, 6) is -0.192. The highest BCUT2D eigenvalue weighted by Crippen LogP contribution is 2.38. The number of hydrogen-bond donors (Lipinski definition) is 2. The Morgan fingerprint density at radius 1 is 0.507 bits per heavy atom. The Bertz CT molecular complexity index is 1100. The van der Waals surface area contributed by atoms with Crippen molar-refractivity contribution in [3.63, 3.8) is 0 Å². The Morgan fingerprint density at radius 3 is 1.12 bits per heavy atom. The number of unbranched alkanes of at least 4 members (excludes halogenated alkanes) is 42. The summed E-state index contributed by atoms with van der Waals surface area (Å²) < 4.78 is 23.3. The van der Waals surface area contributed by atoms with Crippen LogP contribution in [-0.4, -0.2) is 68.5 Å². The lowest BCUT2D eigenvalue weighted by Gasteiger charge is -2.29. The number of aliphatic hydroxyl groups excluding tert-OH is 1. The van der Waals surface area contributed by atoms with Crippen molar-refractivity contribution in [1.82, 2.24) is 5.32 Å². The predicted octanol–water partition coefficient (Wildman–Crippen LogP) is 17.2. The molecule has 8 nitrogen and oxygen atoms in total. The quantitative estimate of drug-likeness (QED) is 0.0272. The molecule has 9 heteroatoms. The monoisotopic (exact) mass is 969 g/mol. The number of allylic oxidation sites excluding steroid dienone is 1. The highest BCUT2D eigenvalue weighted by molar-refractivity contribution is 7.45. The van der Waals surface area contributed by atoms with Crippen molar-refractivity contribution in [2.45, 2.75) is 315 Å². The molecule has 0 saturated carbocycles. The molecule has 0 saturated heterocycles. The number of amides is 1. The number of nitrogens with zero attached hydrogens (tertiary/aromatic N) is 1. The number of phosphoric acid groups is 1. The van der Waals surface area contributed by atoms with Crippen LogP contribution in [0.5, 0.6) is 0 Å². The molecule has 0 aromatic heterocycles. The maximum absolute atomic E-state index is 12.9. The van der Waals surface area contributed by atoms with Crippen molar-refractivity contribution in [1.29, 1.82) is 0 Å². The van der Waals surface area contributed by atoms with E-state index in [0.29, 0.717) is 17.4 Å². The zero-order valence-corrected chi connectivity index (χ0v) is 46.5. The highest BCUT2D eigenvalue weighted by atomic mass is 31.2. The Hall–Kier alpha value is -0.760. The molecule has 0 aliphatic rings. The fraction of sp³-hybridized carbons (Fsp3) is 0.948. The molecule has 400 valence electrons. The predicted molar refractivity (Wildman–Crippen MR) is 289 cm³/mol. The van der Waals surface area contributed by atoms with Gasteiger partial charge in [-0.3, -0.25) is 9.36 Å². The van der Waals surface area contributed by atoms with Gasteiger partial charge in [-0.1, -0.05) is 289 Å². The summed E-state index contributed by atoms with van der Waals surface area (Å²) in [7, 11) is 1.28. The zero-order valence-electron chi connectivity index (χ0n) is 45.6. The average molecular weight is 970 g/mol. The summed E-state index contributed by atoms with van der Waals surface area (Å²) in [6.45, 7) is 4.69. The summed E-state index contributed by atoms with van der Waals surface area (Å²) in [5.41, 5.74) is 0. The van der Waals surface area contributed by atoms with Crippen molar-refractivity contribution in [2.24, 2.45) is 0 Å². The van der Waals surface area contributed by atoms with Crippen LogP contribution < -0.4 is 10.2 Å². The van der Waals surface area contributed by atoms with E-state index in [0.717, 1.165) is 38.5 Å². The number of likely N-dealkylation sites (N-methyl/N-ethyl adjacent to an activating group) is 1. The number of hydrogen-bond acceptors (Lipinski definition) is 6. The van der Waals surface area contributed by atoms with E-state index in [1.165, 1.54) is 244 Å². The van der Waals surface area contributed by atoms with Gasteiger partial charge in [-0.05, 0) is 19.3 Å². The first-order chi connectivity index (χ1) is 32.5. The molecule has 0 bridgehead atoms. The first-order valence-electron chi connectivity index (χ1n) is 29.6. The third kappa shape index (κ3) is 52.9. The molecule has 0 rings (SSSR count). The van der Waals surface area contributed by atoms with Gasteiger partial charge in [0.15, 0.2) is 0 Å². The number of carbonyl (C=O) groups excluding carboxylic acids is 1. The molecule has 1 amide bonds. The summed E-state index contributed by atoms with van der Waals surface area (Å²) in [5, 5.41) is 13.9. The van der Waals surface area contributed by atoms with Gasteiger partial charge in [-0.2, -0.15) is 0 Å². The second kappa shape index (κ2) is 50.2. The maximum Gasteiger partial charge on any atom is 0.268 e. The lowest BCUT2D eigenvalue weighted by molar-refractivity contribution is -0.870. The molecular weight excluding hydrogens is 852 g/mol. The van der Waals surface area contributed by atoms with Gasteiger partial charge in [0.2, 0.25) is 5.91 Å². The van der Waals surface area contributed by atoms with Crippen LogP contribution >= 0.6 is 7.82 Å². The van der Waals surface area contributed by atoms with Crippen LogP contribution in [0.4, 0.5) is 0 Å². The molecule has 0 fully saturated rings. The normalized spacial score (nSPS) is 14.0. The van der Waals surface area contributed by atoms with Gasteiger partial charge in [0.25, 0.3) is 7.82 Å². The minimum atomic E-state index is -4.59. The number of aliphatic hydroxyl groups is 1. The third-order valence-electron chi connectivity index (χ3n) is 13.7. The van der Waals surface area contributed by atoms with E-state index in [9.17, 15) is 19.4 Å². The van der Waals surface area contributed by atoms with E-state index >= 15 is 0 Å². The van der Waals surface area contributed by atoms with Crippen LogP contribution in [0.3, 0.4) is 0 Å². The Labute approximate surface area is 418 Å². The van der Waals surface area contributed by atoms with Crippen molar-refractivity contribution < 1.29 is 32.9 Å². The van der Waals surface area contributed by atoms with E-state index in [-0.39, 0.29) is 19.1 Å². The molecule has 67 heavy (non-hydrogen) atoms. The van der Waals surface area contributed by atoms with Gasteiger partial charge in [-0.25, -0.2) is 0 Å². The molecule has 0 aliphatic heterocycles. The fourth-order valence-corrected chi connectivity index (χ4v) is 9.82. The van der Waals surface area contributed by atoms with Crippen LogP contribution in [0.2, 0.25) is 0 Å². The Morgan fingerprint density at radius 2 is 0.806 bits per heavy atom. The first kappa shape index (κ1) is 66.2. The summed E-state index contributed by atoms with van der Waals surface area (Å²) >= 11 is 0. The van der Waals surface area contributed by atoms with Gasteiger partial charge < -0.3 is 28.8 Å². The van der Waals surface area contributed by atoms with Gasteiger partial charge in [0, 0.05) is 6.42 Å². The van der Waals surface area contributed by atoms with Crippen molar-refractivity contribution in [2.75, 3.05) is 40.9 Å². The van der Waals surface area contributed by atoms with Crippen LogP contribution in [0.15, 0.2) is 12.2 Å². The average Bonchev–Trinajstić information content (AvgIpc) is 3.29. The number of nitrogens with one attached hydrogen (secondary N) is 1. The van der Waals surface area contributed by atoms with Crippen molar-refractivity contribution >= 4 is 13.7 Å². The minimum Gasteiger partial charge on any atom is -0.756 e. The highest BCUT2D eigenvalue weighted by Gasteiger charge is 2.23. The lowest BCUT2D eigenvalue weighted by Crippen LogP contribution is -2.45. The lowest BCUT2D eigenvalue weighted by atomic mass is 10.0. The molecule has 0 spiro atoms. The number of rotatable bonds is 55. The Kier molecular flexibility index (Phi) is 49.6. The zero-order chi connectivity index (χ0) is 49.2. The smallest absolute Gasteiger partial charge is 0.268 e. The second-order valence-electron chi connectivity index (χ2n) is 21.7. The van der Waals surface area contributed by atoms with Crippen LogP contribution in [-0.2, 0) is 18.4 Å². The van der Waals surface area contributed by atoms with Gasteiger partial charge in [-0.15, -0.1) is 0 Å². The second-order valence-corrected chi connectivity index (χ2v) is 23.1. The number of phosphoric ester groups is 1. The molecule has 3 unspecified atom stereocenters. The van der Waals surface area contributed by atoms with Crippen molar-refractivity contribution in [3.05, 3.63) is 12.2 Å². The summed E-state index contributed by atoms with van der Waals surface area (Å²) in [6.07, 6.45) is 61.6. The fourth-order valence-electron chi connectivity index (χ4n) is 9.10. The molecule has 3 atom stereocenters. The van der Waals surface area contributed by atoms with Crippen LogP contribution in [0, 0.1) is 0 Å². The molecule has 0 heterocycles. The summed E-state index contributed by atoms with van der Waals surface area (Å²) in [4.78, 5) is 25.4. The maximum atomic E-state index is 12.9. The summed E-state index contributed by atoms with van der Waals surface area (Å²) in [6, 6.07) is -0.881. The molecule has 0 aromatic carbocycles. The topological polar surface area (TPSA) is 108 Å². The SMILES string of the molecule is CCCCCCCCCCCCCCCCCCCCCCCCCCCCCCC/C=C/C(O)C(COP(=O)([O-])OCC[N+](C)(C)C)NC(=O)CCCCCCCCCCCCCCCC. The van der Waals surface area contributed by atoms with Crippen molar-refractivity contribution in [3.8, 4) is 0 Å². The number of carbonyl (C=O) groups is 1. The molecule has 0 aromatic rings. The minimum absolute atomic E-state index is 0.00255. The largest absolute Gasteiger partial charge is 0.756 e. The van der Waals surface area contributed by atoms with E-state index < -0.39 is 20.0 Å². The molecular formula is C58H117N2O6P. The third-order valence-corrected chi connectivity index (χ3v) is 14.7. The van der Waals surface area contributed by atoms with E-state index in [2.05, 4.69) is 19.2 Å². The van der Waals surface area contributed by atoms with Gasteiger partial charge in [0.05, 0.1) is 39.9 Å². The first-order valence-corrected chi connectivity index (χ1v) is 31.0. The number of quaternary nitrogens is 1. The molecule has 0 aliphatic carbocycles. The standard InChI is InChI=1S/C58H117N2O6P/c1-6-8-10-12-14-16-18-20-22-23-24-25-26-27-28-29-30-31-32-33-34-35-36-37-38-39-41-43-45-47-49-51-57(61)56(55-66-67(63,64)65-54-53-60(3,4)5)59-58(62)52-50-48-46-44-42-40-21-19-17-15-13-11-9-7-2/h49,51,56-57,61H,6-48,50,52-55H2,1-5H3,(H-,59,62,63,64)/b51-49+. The molecule has 2 N–H and O–H groups in total. The van der Waals surface area contributed by atoms with E-state index in [1.54, 1.807) is 6.08 Å².